The Balaban J connectivity index is 2.12. The standard InChI is InChI=1S/C11H18N2S/c1-7(12)6-10-8(2)13-11(14-10)9-4-3-5-9/h7,9H,3-6,12H2,1-2H3. The first-order chi connectivity index (χ1) is 6.66. The fourth-order valence-corrected chi connectivity index (χ4v) is 3.14. The quantitative estimate of drug-likeness (QED) is 0.833. The molecule has 0 amide bonds. The molecule has 1 aromatic rings. The van der Waals surface area contributed by atoms with Gasteiger partial charge in [0, 0.05) is 16.8 Å². The molecule has 1 aliphatic carbocycles. The first kappa shape index (κ1) is 10.1. The van der Waals surface area contributed by atoms with Crippen LogP contribution in [0.5, 0.6) is 0 Å². The van der Waals surface area contributed by atoms with Gasteiger partial charge in [0.2, 0.25) is 0 Å². The summed E-state index contributed by atoms with van der Waals surface area (Å²) in [4.78, 5) is 6.04. The fourth-order valence-electron chi connectivity index (χ4n) is 1.76. The van der Waals surface area contributed by atoms with Gasteiger partial charge in [-0.2, -0.15) is 0 Å². The van der Waals surface area contributed by atoms with E-state index in [2.05, 4.69) is 18.8 Å². The van der Waals surface area contributed by atoms with Crippen LogP contribution in [0.4, 0.5) is 0 Å². The van der Waals surface area contributed by atoms with Crippen molar-refractivity contribution in [3.63, 3.8) is 0 Å². The highest BCUT2D eigenvalue weighted by atomic mass is 32.1. The van der Waals surface area contributed by atoms with Crippen LogP contribution >= 0.6 is 11.3 Å². The van der Waals surface area contributed by atoms with Crippen LogP contribution in [0, 0.1) is 6.92 Å². The Morgan fingerprint density at radius 1 is 1.57 bits per heavy atom. The molecular formula is C11H18N2S. The topological polar surface area (TPSA) is 38.9 Å². The van der Waals surface area contributed by atoms with E-state index in [0.29, 0.717) is 0 Å². The molecule has 0 spiro atoms. The highest BCUT2D eigenvalue weighted by Crippen LogP contribution is 2.39. The third-order valence-electron chi connectivity index (χ3n) is 2.87. The summed E-state index contributed by atoms with van der Waals surface area (Å²) in [5.41, 5.74) is 7.01. The molecule has 0 aromatic carbocycles. The van der Waals surface area contributed by atoms with Crippen molar-refractivity contribution in [1.29, 1.82) is 0 Å². The first-order valence-corrected chi connectivity index (χ1v) is 6.20. The average molecular weight is 210 g/mol. The molecule has 2 rings (SSSR count). The molecule has 1 atom stereocenters. The summed E-state index contributed by atoms with van der Waals surface area (Å²) in [6.07, 6.45) is 5.04. The molecule has 1 unspecified atom stereocenters. The van der Waals surface area contributed by atoms with Gasteiger partial charge in [-0.05, 0) is 33.1 Å². The van der Waals surface area contributed by atoms with Gasteiger partial charge in [-0.1, -0.05) is 6.42 Å². The van der Waals surface area contributed by atoms with E-state index in [1.807, 2.05) is 11.3 Å². The lowest BCUT2D eigenvalue weighted by Gasteiger charge is -2.22. The molecule has 1 aromatic heterocycles. The van der Waals surface area contributed by atoms with Crippen molar-refractivity contribution in [2.45, 2.75) is 51.5 Å². The maximum atomic E-state index is 5.80. The Morgan fingerprint density at radius 3 is 2.79 bits per heavy atom. The van der Waals surface area contributed by atoms with E-state index in [0.717, 1.165) is 12.3 Å². The number of aromatic nitrogens is 1. The molecule has 0 radical (unpaired) electrons. The van der Waals surface area contributed by atoms with Gasteiger partial charge < -0.3 is 5.73 Å². The van der Waals surface area contributed by atoms with Gasteiger partial charge in [0.1, 0.15) is 0 Å². The van der Waals surface area contributed by atoms with Gasteiger partial charge in [-0.25, -0.2) is 4.98 Å². The van der Waals surface area contributed by atoms with Crippen LogP contribution < -0.4 is 5.73 Å². The molecule has 1 fully saturated rings. The minimum atomic E-state index is 0.253. The molecule has 1 aliphatic rings. The van der Waals surface area contributed by atoms with Gasteiger partial charge in [0.15, 0.2) is 0 Å². The zero-order valence-electron chi connectivity index (χ0n) is 8.92. The monoisotopic (exact) mass is 210 g/mol. The van der Waals surface area contributed by atoms with E-state index < -0.39 is 0 Å². The summed E-state index contributed by atoms with van der Waals surface area (Å²) in [6.45, 7) is 4.17. The Kier molecular flexibility index (Phi) is 2.88. The summed E-state index contributed by atoms with van der Waals surface area (Å²) in [7, 11) is 0. The Morgan fingerprint density at radius 2 is 2.29 bits per heavy atom. The third-order valence-corrected chi connectivity index (χ3v) is 4.21. The number of thiazole rings is 1. The lowest BCUT2D eigenvalue weighted by atomic mass is 9.86. The van der Waals surface area contributed by atoms with Crippen LogP contribution in [-0.2, 0) is 6.42 Å². The zero-order chi connectivity index (χ0) is 10.1. The lowest BCUT2D eigenvalue weighted by Crippen LogP contribution is -2.17. The second-order valence-corrected chi connectivity index (χ2v) is 5.49. The molecular weight excluding hydrogens is 192 g/mol. The predicted octanol–water partition coefficient (Wildman–Crippen LogP) is 2.61. The summed E-state index contributed by atoms with van der Waals surface area (Å²) in [5, 5.41) is 1.35. The van der Waals surface area contributed by atoms with E-state index >= 15 is 0 Å². The summed E-state index contributed by atoms with van der Waals surface area (Å²) >= 11 is 1.88. The molecule has 0 saturated heterocycles. The van der Waals surface area contributed by atoms with Crippen LogP contribution in [0.2, 0.25) is 0 Å². The van der Waals surface area contributed by atoms with Gasteiger partial charge >= 0.3 is 0 Å². The summed E-state index contributed by atoms with van der Waals surface area (Å²) in [6, 6.07) is 0.253. The maximum absolute atomic E-state index is 5.80. The number of hydrogen-bond acceptors (Lipinski definition) is 3. The number of nitrogens with two attached hydrogens (primary N) is 1. The molecule has 2 N–H and O–H groups in total. The van der Waals surface area contributed by atoms with Gasteiger partial charge in [0.05, 0.1) is 10.7 Å². The molecule has 78 valence electrons. The minimum absolute atomic E-state index is 0.253. The lowest BCUT2D eigenvalue weighted by molar-refractivity contribution is 0.418. The normalized spacial score (nSPS) is 19.4. The number of hydrogen-bond donors (Lipinski definition) is 1. The summed E-state index contributed by atoms with van der Waals surface area (Å²) < 4.78 is 0. The largest absolute Gasteiger partial charge is 0.328 e. The van der Waals surface area contributed by atoms with E-state index in [1.165, 1.54) is 34.8 Å². The van der Waals surface area contributed by atoms with Crippen LogP contribution in [0.25, 0.3) is 0 Å². The van der Waals surface area contributed by atoms with Crippen molar-refractivity contribution in [2.24, 2.45) is 5.73 Å². The van der Waals surface area contributed by atoms with Crippen molar-refractivity contribution >= 4 is 11.3 Å². The highest BCUT2D eigenvalue weighted by Gasteiger charge is 2.23. The SMILES string of the molecule is Cc1nc(C2CCC2)sc1CC(C)N. The van der Waals surface area contributed by atoms with Crippen molar-refractivity contribution < 1.29 is 0 Å². The maximum Gasteiger partial charge on any atom is 0.0961 e. The van der Waals surface area contributed by atoms with E-state index in [1.54, 1.807) is 0 Å². The Hall–Kier alpha value is -0.410. The third kappa shape index (κ3) is 1.98. The van der Waals surface area contributed by atoms with Gasteiger partial charge in [-0.3, -0.25) is 0 Å². The van der Waals surface area contributed by atoms with E-state index in [9.17, 15) is 0 Å². The van der Waals surface area contributed by atoms with Crippen LogP contribution in [-0.4, -0.2) is 11.0 Å². The molecule has 0 bridgehead atoms. The summed E-state index contributed by atoms with van der Waals surface area (Å²) in [5.74, 6) is 0.764. The zero-order valence-corrected chi connectivity index (χ0v) is 9.73. The molecule has 1 heterocycles. The van der Waals surface area contributed by atoms with Crippen molar-refractivity contribution in [3.05, 3.63) is 15.6 Å². The Labute approximate surface area is 89.5 Å². The van der Waals surface area contributed by atoms with Crippen LogP contribution in [0.15, 0.2) is 0 Å². The molecule has 2 nitrogen and oxygen atoms in total. The molecule has 1 saturated carbocycles. The van der Waals surface area contributed by atoms with Gasteiger partial charge in [-0.15, -0.1) is 11.3 Å². The number of rotatable bonds is 3. The van der Waals surface area contributed by atoms with E-state index in [-0.39, 0.29) is 6.04 Å². The predicted molar refractivity (Wildman–Crippen MR) is 60.8 cm³/mol. The number of nitrogens with zero attached hydrogens (tertiary/aromatic N) is 1. The van der Waals surface area contributed by atoms with Crippen molar-refractivity contribution in [1.82, 2.24) is 4.98 Å². The average Bonchev–Trinajstić information content (AvgIpc) is 2.27. The Bertz CT molecular complexity index is 313. The molecule has 0 aliphatic heterocycles. The van der Waals surface area contributed by atoms with Crippen LogP contribution in [0.3, 0.4) is 0 Å². The van der Waals surface area contributed by atoms with E-state index in [4.69, 9.17) is 5.73 Å². The second kappa shape index (κ2) is 3.99. The highest BCUT2D eigenvalue weighted by molar-refractivity contribution is 7.11. The van der Waals surface area contributed by atoms with Gasteiger partial charge in [0.25, 0.3) is 0 Å². The first-order valence-electron chi connectivity index (χ1n) is 5.38. The molecule has 3 heteroatoms. The van der Waals surface area contributed by atoms with Crippen LogP contribution in [0.1, 0.15) is 47.7 Å². The number of aryl methyl sites for hydroxylation is 1. The van der Waals surface area contributed by atoms with Crippen molar-refractivity contribution in [2.75, 3.05) is 0 Å². The fraction of sp³-hybridized carbons (Fsp3) is 0.727. The minimum Gasteiger partial charge on any atom is -0.328 e. The molecule has 14 heavy (non-hydrogen) atoms. The second-order valence-electron chi connectivity index (χ2n) is 4.37. The van der Waals surface area contributed by atoms with Crippen molar-refractivity contribution in [3.8, 4) is 0 Å². The smallest absolute Gasteiger partial charge is 0.0961 e.